The molecular weight excluding hydrogens is 234 g/mol. The van der Waals surface area contributed by atoms with E-state index in [1.54, 1.807) is 0 Å². The highest BCUT2D eigenvalue weighted by Crippen LogP contribution is 2.32. The van der Waals surface area contributed by atoms with Gasteiger partial charge in [0.2, 0.25) is 0 Å². The van der Waals surface area contributed by atoms with E-state index in [4.69, 9.17) is 0 Å². The molecule has 2 bridgehead atoms. The Morgan fingerprint density at radius 3 is 2.68 bits per heavy atom. The van der Waals surface area contributed by atoms with Crippen LogP contribution in [0.15, 0.2) is 18.3 Å². The van der Waals surface area contributed by atoms with Crippen LogP contribution in [0.4, 0.5) is 5.82 Å². The number of hydrogen-bond donors (Lipinski definition) is 1. The Morgan fingerprint density at radius 2 is 2.05 bits per heavy atom. The lowest BCUT2D eigenvalue weighted by atomic mass is 9.97. The first-order valence-corrected chi connectivity index (χ1v) is 7.72. The Kier molecular flexibility index (Phi) is 3.74. The molecule has 2 unspecified atom stereocenters. The Morgan fingerprint density at radius 1 is 1.32 bits per heavy atom. The molecule has 3 heterocycles. The summed E-state index contributed by atoms with van der Waals surface area (Å²) >= 11 is 0. The maximum Gasteiger partial charge on any atom is 0.131 e. The summed E-state index contributed by atoms with van der Waals surface area (Å²) in [5.41, 5.74) is 1.31. The second kappa shape index (κ2) is 5.49. The number of aromatic nitrogens is 1. The minimum Gasteiger partial charge on any atom is -0.353 e. The van der Waals surface area contributed by atoms with E-state index in [0.717, 1.165) is 18.6 Å². The summed E-state index contributed by atoms with van der Waals surface area (Å²) in [7, 11) is 0. The summed E-state index contributed by atoms with van der Waals surface area (Å²) < 4.78 is 0. The van der Waals surface area contributed by atoms with Gasteiger partial charge in [0.05, 0.1) is 0 Å². The van der Waals surface area contributed by atoms with Crippen LogP contribution >= 0.6 is 0 Å². The number of piperidine rings is 1. The van der Waals surface area contributed by atoms with Gasteiger partial charge in [0.25, 0.3) is 0 Å². The van der Waals surface area contributed by atoms with Gasteiger partial charge in [-0.3, -0.25) is 0 Å². The number of nitrogens with zero attached hydrogens (tertiary/aromatic N) is 2. The van der Waals surface area contributed by atoms with E-state index in [1.807, 2.05) is 12.3 Å². The van der Waals surface area contributed by atoms with Gasteiger partial charge in [0, 0.05) is 30.9 Å². The predicted octanol–water partition coefficient (Wildman–Crippen LogP) is 2.89. The second-order valence-corrected chi connectivity index (χ2v) is 6.10. The smallest absolute Gasteiger partial charge is 0.131 e. The fourth-order valence-electron chi connectivity index (χ4n) is 3.76. The third kappa shape index (κ3) is 2.62. The van der Waals surface area contributed by atoms with Crippen LogP contribution < -0.4 is 10.2 Å². The molecule has 2 aliphatic heterocycles. The van der Waals surface area contributed by atoms with Gasteiger partial charge in [-0.2, -0.15) is 0 Å². The number of pyridine rings is 1. The summed E-state index contributed by atoms with van der Waals surface area (Å²) in [5.74, 6) is 1.20. The van der Waals surface area contributed by atoms with Crippen molar-refractivity contribution in [3.05, 3.63) is 23.9 Å². The van der Waals surface area contributed by atoms with E-state index in [-0.39, 0.29) is 0 Å². The number of fused-ring (bicyclic) bond motifs is 2. The molecule has 3 nitrogen and oxygen atoms in total. The lowest BCUT2D eigenvalue weighted by molar-refractivity contribution is 0.345. The zero-order chi connectivity index (χ0) is 13.2. The quantitative estimate of drug-likeness (QED) is 0.901. The van der Waals surface area contributed by atoms with Crippen molar-refractivity contribution in [2.75, 3.05) is 11.4 Å². The zero-order valence-corrected chi connectivity index (χ0v) is 12.1. The van der Waals surface area contributed by atoms with Crippen molar-refractivity contribution in [3.8, 4) is 0 Å². The van der Waals surface area contributed by atoms with E-state index >= 15 is 0 Å². The van der Waals surface area contributed by atoms with E-state index in [0.29, 0.717) is 6.04 Å². The van der Waals surface area contributed by atoms with E-state index in [9.17, 15) is 0 Å². The van der Waals surface area contributed by atoms with Gasteiger partial charge < -0.3 is 10.2 Å². The number of aryl methyl sites for hydroxylation is 1. The van der Waals surface area contributed by atoms with Crippen LogP contribution in [0.2, 0.25) is 0 Å². The van der Waals surface area contributed by atoms with Crippen LogP contribution in [0.1, 0.15) is 44.6 Å². The standard InChI is InChI=1S/C16H25N3/c1-3-9-19(16-12(2)5-4-8-17-16)15-10-13-6-7-14(11-15)18-13/h4-5,8,13-15,18H,3,6-7,9-11H2,1-2H3. The third-order valence-corrected chi connectivity index (χ3v) is 4.61. The van der Waals surface area contributed by atoms with Crippen LogP contribution in [0.3, 0.4) is 0 Å². The molecule has 2 aliphatic rings. The molecule has 104 valence electrons. The van der Waals surface area contributed by atoms with Gasteiger partial charge in [0.1, 0.15) is 5.82 Å². The predicted molar refractivity (Wildman–Crippen MR) is 79.6 cm³/mol. The molecule has 0 aliphatic carbocycles. The molecule has 3 rings (SSSR count). The fraction of sp³-hybridized carbons (Fsp3) is 0.688. The minimum atomic E-state index is 0.673. The largest absolute Gasteiger partial charge is 0.353 e. The Balaban J connectivity index is 1.83. The normalized spacial score (nSPS) is 29.5. The molecule has 0 amide bonds. The molecule has 19 heavy (non-hydrogen) atoms. The molecule has 0 radical (unpaired) electrons. The van der Waals surface area contributed by atoms with Crippen LogP contribution in [-0.4, -0.2) is 29.7 Å². The van der Waals surface area contributed by atoms with Gasteiger partial charge >= 0.3 is 0 Å². The van der Waals surface area contributed by atoms with Gasteiger partial charge in [-0.05, 0) is 50.7 Å². The minimum absolute atomic E-state index is 0.673. The average Bonchev–Trinajstić information content (AvgIpc) is 2.76. The van der Waals surface area contributed by atoms with Gasteiger partial charge in [-0.25, -0.2) is 4.98 Å². The molecule has 0 saturated carbocycles. The average molecular weight is 259 g/mol. The van der Waals surface area contributed by atoms with E-state index in [2.05, 4.69) is 35.1 Å². The van der Waals surface area contributed by atoms with Crippen molar-refractivity contribution >= 4 is 5.82 Å². The Hall–Kier alpha value is -1.09. The fourth-order valence-corrected chi connectivity index (χ4v) is 3.76. The summed E-state index contributed by atoms with van der Waals surface area (Å²) in [6.45, 7) is 5.57. The lowest BCUT2D eigenvalue weighted by Crippen LogP contribution is -2.49. The molecule has 0 spiro atoms. The summed E-state index contributed by atoms with van der Waals surface area (Å²) in [6, 6.07) is 6.38. The van der Waals surface area contributed by atoms with Crippen LogP contribution in [-0.2, 0) is 0 Å². The van der Waals surface area contributed by atoms with E-state index < -0.39 is 0 Å². The maximum absolute atomic E-state index is 4.65. The van der Waals surface area contributed by atoms with Crippen molar-refractivity contribution in [2.24, 2.45) is 0 Å². The molecule has 2 saturated heterocycles. The van der Waals surface area contributed by atoms with Crippen molar-refractivity contribution in [1.29, 1.82) is 0 Å². The SMILES string of the molecule is CCCN(c1ncccc1C)C1CC2CCC(C1)N2. The van der Waals surface area contributed by atoms with Crippen LogP contribution in [0.25, 0.3) is 0 Å². The topological polar surface area (TPSA) is 28.2 Å². The monoisotopic (exact) mass is 259 g/mol. The molecule has 2 atom stereocenters. The van der Waals surface area contributed by atoms with Gasteiger partial charge in [0.15, 0.2) is 0 Å². The number of hydrogen-bond acceptors (Lipinski definition) is 3. The lowest BCUT2D eigenvalue weighted by Gasteiger charge is -2.39. The van der Waals surface area contributed by atoms with Crippen LogP contribution in [0.5, 0.6) is 0 Å². The van der Waals surface area contributed by atoms with Gasteiger partial charge in [-0.1, -0.05) is 13.0 Å². The molecule has 1 aromatic heterocycles. The van der Waals surface area contributed by atoms with Crippen molar-refractivity contribution in [2.45, 2.75) is 64.1 Å². The summed E-state index contributed by atoms with van der Waals surface area (Å²) in [6.07, 6.45) is 8.42. The molecule has 1 N–H and O–H groups in total. The Labute approximate surface area is 116 Å². The number of anilines is 1. The van der Waals surface area contributed by atoms with Gasteiger partial charge in [-0.15, -0.1) is 0 Å². The third-order valence-electron chi connectivity index (χ3n) is 4.61. The van der Waals surface area contributed by atoms with Crippen molar-refractivity contribution in [1.82, 2.24) is 10.3 Å². The number of nitrogens with one attached hydrogen (secondary N) is 1. The highest BCUT2D eigenvalue weighted by Gasteiger charge is 2.36. The number of rotatable bonds is 4. The summed E-state index contributed by atoms with van der Waals surface area (Å²) in [5, 5.41) is 3.74. The molecule has 0 aromatic carbocycles. The first-order valence-electron chi connectivity index (χ1n) is 7.72. The highest BCUT2D eigenvalue weighted by molar-refractivity contribution is 5.47. The van der Waals surface area contributed by atoms with E-state index in [1.165, 1.54) is 43.5 Å². The molecule has 1 aromatic rings. The van der Waals surface area contributed by atoms with Crippen LogP contribution in [0, 0.1) is 6.92 Å². The highest BCUT2D eigenvalue weighted by atomic mass is 15.2. The summed E-state index contributed by atoms with van der Waals surface area (Å²) in [4.78, 5) is 7.22. The molecular formula is C16H25N3. The maximum atomic E-state index is 4.65. The molecule has 2 fully saturated rings. The zero-order valence-electron chi connectivity index (χ0n) is 12.1. The molecule has 3 heteroatoms. The first kappa shape index (κ1) is 12.9. The first-order chi connectivity index (χ1) is 9.28. The second-order valence-electron chi connectivity index (χ2n) is 6.10. The van der Waals surface area contributed by atoms with Crippen molar-refractivity contribution in [3.63, 3.8) is 0 Å². The Bertz CT molecular complexity index is 420. The van der Waals surface area contributed by atoms with Crippen molar-refractivity contribution < 1.29 is 0 Å².